The molecule has 0 fully saturated rings. The van der Waals surface area contributed by atoms with Crippen LogP contribution in [0.3, 0.4) is 0 Å². The first-order chi connectivity index (χ1) is 14.3. The molecule has 2 aromatic heterocycles. The Balaban J connectivity index is 1.49. The van der Waals surface area contributed by atoms with E-state index in [2.05, 4.69) is 15.1 Å². The summed E-state index contributed by atoms with van der Waals surface area (Å²) in [5, 5.41) is 3.69. The van der Waals surface area contributed by atoms with Gasteiger partial charge in [-0.3, -0.25) is 4.68 Å². The largest absolute Gasteiger partial charge is 0.435 e. The molecule has 152 valence electrons. The Bertz CT molecular complexity index is 1350. The van der Waals surface area contributed by atoms with Gasteiger partial charge < -0.3 is 4.57 Å². The Kier molecular flexibility index (Phi) is 4.14. The van der Waals surface area contributed by atoms with Gasteiger partial charge in [0, 0.05) is 29.7 Å². The number of pyridine rings is 1. The van der Waals surface area contributed by atoms with Crippen LogP contribution in [0, 0.1) is 5.82 Å². The van der Waals surface area contributed by atoms with Crippen molar-refractivity contribution in [2.45, 2.75) is 12.7 Å². The fourth-order valence-electron chi connectivity index (χ4n) is 3.37. The molecule has 3 aromatic rings. The Hall–Kier alpha value is -3.27. The van der Waals surface area contributed by atoms with Crippen molar-refractivity contribution in [3.05, 3.63) is 65.2 Å². The zero-order valence-electron chi connectivity index (χ0n) is 15.5. The number of fused-ring (bicyclic) bond motifs is 2. The lowest BCUT2D eigenvalue weighted by Crippen LogP contribution is -2.07. The first kappa shape index (κ1) is 18.7. The summed E-state index contributed by atoms with van der Waals surface area (Å²) in [7, 11) is 1.50. The van der Waals surface area contributed by atoms with Gasteiger partial charge in [0.2, 0.25) is 0 Å². The second-order valence-corrected chi connectivity index (χ2v) is 7.93. The second-order valence-electron chi connectivity index (χ2n) is 6.82. The summed E-state index contributed by atoms with van der Waals surface area (Å²) in [6.45, 7) is 0.370. The lowest BCUT2D eigenvalue weighted by Gasteiger charge is -2.06. The van der Waals surface area contributed by atoms with Crippen LogP contribution in [0.25, 0.3) is 33.0 Å². The molecule has 0 atom stereocenters. The fourth-order valence-corrected chi connectivity index (χ4v) is 4.45. The van der Waals surface area contributed by atoms with Gasteiger partial charge in [0.25, 0.3) is 0 Å². The number of rotatable bonds is 3. The molecule has 0 bridgehead atoms. The minimum atomic E-state index is -4.50. The highest BCUT2D eigenvalue weighted by molar-refractivity contribution is 7.18. The van der Waals surface area contributed by atoms with Gasteiger partial charge in [-0.25, -0.2) is 14.4 Å². The van der Waals surface area contributed by atoms with Gasteiger partial charge >= 0.3 is 6.18 Å². The van der Waals surface area contributed by atoms with Crippen molar-refractivity contribution in [2.75, 3.05) is 0 Å². The number of thiophene rings is 1. The molecular weight excluding hydrogens is 418 g/mol. The third-order valence-corrected chi connectivity index (χ3v) is 5.90. The van der Waals surface area contributed by atoms with E-state index < -0.39 is 17.7 Å². The van der Waals surface area contributed by atoms with Gasteiger partial charge in [0.1, 0.15) is 16.3 Å². The number of aromatic nitrogens is 5. The van der Waals surface area contributed by atoms with E-state index in [4.69, 9.17) is 0 Å². The third kappa shape index (κ3) is 3.13. The van der Waals surface area contributed by atoms with E-state index in [0.29, 0.717) is 34.2 Å². The van der Waals surface area contributed by atoms with Crippen molar-refractivity contribution in [1.82, 2.24) is 24.3 Å². The lowest BCUT2D eigenvalue weighted by molar-refractivity contribution is -0.140. The van der Waals surface area contributed by atoms with E-state index in [1.54, 1.807) is 36.7 Å². The average molecular weight is 431 g/mol. The van der Waals surface area contributed by atoms with E-state index >= 15 is 0 Å². The van der Waals surface area contributed by atoms with Gasteiger partial charge in [-0.1, -0.05) is 12.1 Å². The molecule has 2 aliphatic rings. The maximum absolute atomic E-state index is 14.0. The average Bonchev–Trinajstić information content (AvgIpc) is 3.36. The molecule has 0 radical (unpaired) electrons. The summed E-state index contributed by atoms with van der Waals surface area (Å²) in [5.41, 5.74) is 0.634. The molecule has 30 heavy (non-hydrogen) atoms. The highest BCUT2D eigenvalue weighted by Gasteiger charge is 2.37. The Morgan fingerprint density at radius 2 is 1.83 bits per heavy atom. The summed E-state index contributed by atoms with van der Waals surface area (Å²) in [6, 6.07) is 9.55. The molecule has 4 heterocycles. The number of benzene rings is 1. The van der Waals surface area contributed by atoms with Gasteiger partial charge in [-0.15, -0.1) is 11.3 Å². The molecule has 0 saturated heterocycles. The molecule has 5 rings (SSSR count). The number of alkyl halides is 3. The molecular formula is C20H13F4N5S. The maximum Gasteiger partial charge on any atom is 0.435 e. The Morgan fingerprint density at radius 1 is 1.07 bits per heavy atom. The van der Waals surface area contributed by atoms with Crippen LogP contribution in [0.5, 0.6) is 0 Å². The Morgan fingerprint density at radius 3 is 2.60 bits per heavy atom. The van der Waals surface area contributed by atoms with Crippen LogP contribution in [0.1, 0.15) is 10.6 Å². The van der Waals surface area contributed by atoms with Crippen LogP contribution in [-0.2, 0) is 19.8 Å². The predicted octanol–water partition coefficient (Wildman–Crippen LogP) is 5.20. The van der Waals surface area contributed by atoms with E-state index in [9.17, 15) is 17.6 Å². The molecule has 0 saturated carbocycles. The van der Waals surface area contributed by atoms with Crippen molar-refractivity contribution < 1.29 is 17.6 Å². The van der Waals surface area contributed by atoms with Crippen LogP contribution in [-0.4, -0.2) is 24.3 Å². The number of aryl methyl sites for hydroxylation is 1. The third-order valence-electron chi connectivity index (χ3n) is 4.71. The zero-order chi connectivity index (χ0) is 21.0. The van der Waals surface area contributed by atoms with Crippen molar-refractivity contribution in [1.29, 1.82) is 0 Å². The fraction of sp³-hybridized carbons (Fsp3) is 0.150. The van der Waals surface area contributed by atoms with Gasteiger partial charge in [-0.2, -0.15) is 18.3 Å². The highest BCUT2D eigenvalue weighted by atomic mass is 32.1. The van der Waals surface area contributed by atoms with Crippen molar-refractivity contribution >= 4 is 21.6 Å². The van der Waals surface area contributed by atoms with Crippen molar-refractivity contribution in [3.8, 4) is 22.8 Å². The summed E-state index contributed by atoms with van der Waals surface area (Å²) in [4.78, 5) is 10.00. The van der Waals surface area contributed by atoms with E-state index in [0.717, 1.165) is 4.88 Å². The normalized spacial score (nSPS) is 12.3. The first-order valence-electron chi connectivity index (χ1n) is 8.90. The molecule has 0 N–H and O–H groups in total. The van der Waals surface area contributed by atoms with Crippen LogP contribution in [0.15, 0.2) is 48.8 Å². The van der Waals surface area contributed by atoms with Gasteiger partial charge in [-0.05, 0) is 24.3 Å². The number of hydrogen-bond donors (Lipinski definition) is 0. The standard InChI is InChI=1S/C20H13F4N5S/c1-28-19-13(17(27-28)20(22,23)24)8-11(30-19)9-29-7-6-15-16(10-29)26-18(25-15)12-4-2-3-5-14(12)21/h2-8,10H,9H2,1H3. The molecule has 0 spiro atoms. The molecule has 0 aliphatic carbocycles. The summed E-state index contributed by atoms with van der Waals surface area (Å²) < 4.78 is 56.7. The SMILES string of the molecule is Cn1nc(C(F)(F)F)c2cc(Cn3ccc4nc(-c5ccccc5F)nc-4c3)sc21. The summed E-state index contributed by atoms with van der Waals surface area (Å²) >= 11 is 1.26. The smallest absolute Gasteiger partial charge is 0.347 e. The quantitative estimate of drug-likeness (QED) is 0.369. The minimum absolute atomic E-state index is 0.0987. The van der Waals surface area contributed by atoms with Crippen molar-refractivity contribution in [3.63, 3.8) is 0 Å². The van der Waals surface area contributed by atoms with Crippen LogP contribution < -0.4 is 0 Å². The topological polar surface area (TPSA) is 48.5 Å². The monoisotopic (exact) mass is 431 g/mol. The number of halogens is 4. The molecule has 2 aliphatic heterocycles. The predicted molar refractivity (Wildman–Crippen MR) is 105 cm³/mol. The molecule has 10 heteroatoms. The molecule has 1 aromatic carbocycles. The second kappa shape index (κ2) is 6.63. The van der Waals surface area contributed by atoms with Crippen LogP contribution in [0.2, 0.25) is 0 Å². The minimum Gasteiger partial charge on any atom is -0.347 e. The molecule has 5 nitrogen and oxygen atoms in total. The van der Waals surface area contributed by atoms with Gasteiger partial charge in [0.05, 0.1) is 17.8 Å². The van der Waals surface area contributed by atoms with Crippen LogP contribution in [0.4, 0.5) is 17.6 Å². The highest BCUT2D eigenvalue weighted by Crippen LogP contribution is 2.37. The maximum atomic E-state index is 14.0. The number of nitrogens with zero attached hydrogens (tertiary/aromatic N) is 5. The first-order valence-corrected chi connectivity index (χ1v) is 9.72. The van der Waals surface area contributed by atoms with E-state index in [1.165, 1.54) is 35.2 Å². The summed E-state index contributed by atoms with van der Waals surface area (Å²) in [5.74, 6) is -0.108. The lowest BCUT2D eigenvalue weighted by atomic mass is 10.2. The zero-order valence-corrected chi connectivity index (χ0v) is 16.3. The Labute approximate surface area is 171 Å². The molecule has 0 unspecified atom stereocenters. The van der Waals surface area contributed by atoms with Crippen molar-refractivity contribution in [2.24, 2.45) is 7.05 Å². The van der Waals surface area contributed by atoms with Crippen LogP contribution >= 0.6 is 11.3 Å². The van der Waals surface area contributed by atoms with E-state index in [1.807, 2.05) is 4.57 Å². The number of imidazole rings is 1. The molecule has 0 amide bonds. The van der Waals surface area contributed by atoms with Gasteiger partial charge in [0.15, 0.2) is 11.5 Å². The summed E-state index contributed by atoms with van der Waals surface area (Å²) in [6.07, 6.45) is -0.979. The van der Waals surface area contributed by atoms with E-state index in [-0.39, 0.29) is 5.39 Å². The number of hydrogen-bond acceptors (Lipinski definition) is 4.